The molecule has 0 unspecified atom stereocenters. The fourth-order valence-electron chi connectivity index (χ4n) is 2.80. The number of piperidine rings is 1. The highest BCUT2D eigenvalue weighted by Crippen LogP contribution is 2.23. The summed E-state index contributed by atoms with van der Waals surface area (Å²) in [6.45, 7) is 2.94. The predicted octanol–water partition coefficient (Wildman–Crippen LogP) is 3.70. The monoisotopic (exact) mass is 332 g/mol. The molecule has 1 saturated heterocycles. The number of furan rings is 1. The van der Waals surface area contributed by atoms with E-state index in [2.05, 4.69) is 10.2 Å². The van der Waals surface area contributed by atoms with Gasteiger partial charge in [0.15, 0.2) is 0 Å². The molecule has 0 bridgehead atoms. The van der Waals surface area contributed by atoms with Gasteiger partial charge < -0.3 is 9.73 Å². The van der Waals surface area contributed by atoms with Crippen molar-refractivity contribution in [2.45, 2.75) is 25.8 Å². The second kappa shape index (κ2) is 7.66. The molecule has 1 aromatic carbocycles. The van der Waals surface area contributed by atoms with Gasteiger partial charge in [0, 0.05) is 10.6 Å². The fraction of sp³-hybridized carbons (Fsp3) is 0.389. The number of carbonyl (C=O) groups excluding carboxylic acids is 1. The highest BCUT2D eigenvalue weighted by atomic mass is 35.5. The topological polar surface area (TPSA) is 45.5 Å². The molecule has 1 amide bonds. The number of carbonyl (C=O) groups is 1. The van der Waals surface area contributed by atoms with E-state index in [1.165, 1.54) is 19.3 Å². The van der Waals surface area contributed by atoms with Gasteiger partial charge in [0.05, 0.1) is 13.1 Å². The second-order valence-electron chi connectivity index (χ2n) is 5.89. The van der Waals surface area contributed by atoms with Crippen LogP contribution in [0.25, 0.3) is 11.3 Å². The van der Waals surface area contributed by atoms with Crippen LogP contribution in [0.5, 0.6) is 0 Å². The van der Waals surface area contributed by atoms with Crippen LogP contribution >= 0.6 is 11.6 Å². The zero-order chi connectivity index (χ0) is 16.1. The SMILES string of the molecule is O=C(CN1CCCCC1)NCc1ccc(-c2ccc(Cl)cc2)o1. The van der Waals surface area contributed by atoms with Crippen LogP contribution < -0.4 is 5.32 Å². The van der Waals surface area contributed by atoms with E-state index in [-0.39, 0.29) is 5.91 Å². The van der Waals surface area contributed by atoms with Crippen LogP contribution in [0, 0.1) is 0 Å². The number of nitrogens with zero attached hydrogens (tertiary/aromatic N) is 1. The molecule has 1 fully saturated rings. The number of hydrogen-bond acceptors (Lipinski definition) is 3. The lowest BCUT2D eigenvalue weighted by atomic mass is 10.1. The predicted molar refractivity (Wildman–Crippen MR) is 91.3 cm³/mol. The second-order valence-corrected chi connectivity index (χ2v) is 6.32. The van der Waals surface area contributed by atoms with Crippen molar-refractivity contribution in [2.24, 2.45) is 0 Å². The molecule has 1 N–H and O–H groups in total. The summed E-state index contributed by atoms with van der Waals surface area (Å²) in [7, 11) is 0. The maximum atomic E-state index is 12.0. The van der Waals surface area contributed by atoms with Crippen LogP contribution in [0.4, 0.5) is 0 Å². The molecule has 2 heterocycles. The number of halogens is 1. The van der Waals surface area contributed by atoms with E-state index >= 15 is 0 Å². The van der Waals surface area contributed by atoms with Crippen LogP contribution in [0.3, 0.4) is 0 Å². The lowest BCUT2D eigenvalue weighted by molar-refractivity contribution is -0.122. The van der Waals surface area contributed by atoms with Crippen molar-refractivity contribution in [1.29, 1.82) is 0 Å². The molecule has 0 saturated carbocycles. The first-order chi connectivity index (χ1) is 11.2. The zero-order valence-electron chi connectivity index (χ0n) is 13.1. The molecule has 0 atom stereocenters. The van der Waals surface area contributed by atoms with E-state index in [0.29, 0.717) is 18.1 Å². The van der Waals surface area contributed by atoms with Gasteiger partial charge in [0.25, 0.3) is 0 Å². The number of likely N-dealkylation sites (tertiary alicyclic amines) is 1. The van der Waals surface area contributed by atoms with Crippen LogP contribution in [0.1, 0.15) is 25.0 Å². The highest BCUT2D eigenvalue weighted by Gasteiger charge is 2.14. The number of hydrogen-bond donors (Lipinski definition) is 1. The van der Waals surface area contributed by atoms with E-state index in [4.69, 9.17) is 16.0 Å². The Morgan fingerprint density at radius 3 is 2.57 bits per heavy atom. The van der Waals surface area contributed by atoms with Crippen molar-refractivity contribution in [3.8, 4) is 11.3 Å². The largest absolute Gasteiger partial charge is 0.459 e. The van der Waals surface area contributed by atoms with Crippen LogP contribution in [0.2, 0.25) is 5.02 Å². The first-order valence-electron chi connectivity index (χ1n) is 8.04. The quantitative estimate of drug-likeness (QED) is 0.908. The van der Waals surface area contributed by atoms with E-state index in [0.717, 1.165) is 30.2 Å². The summed E-state index contributed by atoms with van der Waals surface area (Å²) < 4.78 is 5.78. The molecule has 3 rings (SSSR count). The minimum atomic E-state index is 0.0522. The molecule has 0 radical (unpaired) electrons. The summed E-state index contributed by atoms with van der Waals surface area (Å²) in [5.74, 6) is 1.58. The van der Waals surface area contributed by atoms with Gasteiger partial charge in [-0.2, -0.15) is 0 Å². The molecular weight excluding hydrogens is 312 g/mol. The molecule has 0 aliphatic carbocycles. The number of rotatable bonds is 5. The maximum Gasteiger partial charge on any atom is 0.234 e. The number of amides is 1. The lowest BCUT2D eigenvalue weighted by Crippen LogP contribution is -2.39. The fourth-order valence-corrected chi connectivity index (χ4v) is 2.93. The van der Waals surface area contributed by atoms with Crippen LogP contribution in [-0.4, -0.2) is 30.4 Å². The van der Waals surface area contributed by atoms with Gasteiger partial charge in [-0.15, -0.1) is 0 Å². The summed E-state index contributed by atoms with van der Waals surface area (Å²) >= 11 is 5.89. The summed E-state index contributed by atoms with van der Waals surface area (Å²) in [6.07, 6.45) is 3.66. The molecule has 0 spiro atoms. The molecule has 1 aliphatic heterocycles. The molecule has 4 nitrogen and oxygen atoms in total. The number of benzene rings is 1. The third kappa shape index (κ3) is 4.60. The molecule has 1 aliphatic rings. The minimum absolute atomic E-state index is 0.0522. The van der Waals surface area contributed by atoms with Gasteiger partial charge in [0.1, 0.15) is 11.5 Å². The standard InChI is InChI=1S/C18H21ClN2O2/c19-15-6-4-14(5-7-15)17-9-8-16(23-17)12-20-18(22)13-21-10-2-1-3-11-21/h4-9H,1-3,10-13H2,(H,20,22). The molecule has 5 heteroatoms. The third-order valence-corrected chi connectivity index (χ3v) is 4.32. The third-order valence-electron chi connectivity index (χ3n) is 4.07. The Labute approximate surface area is 141 Å². The summed E-state index contributed by atoms with van der Waals surface area (Å²) in [4.78, 5) is 14.2. The van der Waals surface area contributed by atoms with Crippen LogP contribution in [0.15, 0.2) is 40.8 Å². The summed E-state index contributed by atoms with van der Waals surface area (Å²) in [5, 5.41) is 3.62. The smallest absolute Gasteiger partial charge is 0.234 e. The molecular formula is C18H21ClN2O2. The average Bonchev–Trinajstić information content (AvgIpc) is 3.04. The Bertz CT molecular complexity index is 645. The average molecular weight is 333 g/mol. The van der Waals surface area contributed by atoms with Gasteiger partial charge in [-0.3, -0.25) is 9.69 Å². The Morgan fingerprint density at radius 2 is 1.83 bits per heavy atom. The molecule has 2 aromatic rings. The van der Waals surface area contributed by atoms with Gasteiger partial charge in [-0.1, -0.05) is 18.0 Å². The van der Waals surface area contributed by atoms with E-state index < -0.39 is 0 Å². The Morgan fingerprint density at radius 1 is 1.09 bits per heavy atom. The Balaban J connectivity index is 1.50. The molecule has 122 valence electrons. The first-order valence-corrected chi connectivity index (χ1v) is 8.42. The molecule has 1 aromatic heterocycles. The lowest BCUT2D eigenvalue weighted by Gasteiger charge is -2.25. The van der Waals surface area contributed by atoms with E-state index in [1.54, 1.807) is 0 Å². The van der Waals surface area contributed by atoms with Crippen molar-refractivity contribution >= 4 is 17.5 Å². The Hall–Kier alpha value is -1.78. The van der Waals surface area contributed by atoms with Gasteiger partial charge >= 0.3 is 0 Å². The van der Waals surface area contributed by atoms with Crippen molar-refractivity contribution in [3.05, 3.63) is 47.2 Å². The summed E-state index contributed by atoms with van der Waals surface area (Å²) in [5.41, 5.74) is 0.972. The first kappa shape index (κ1) is 16.1. The highest BCUT2D eigenvalue weighted by molar-refractivity contribution is 6.30. The maximum absolute atomic E-state index is 12.0. The van der Waals surface area contributed by atoms with Crippen LogP contribution in [-0.2, 0) is 11.3 Å². The van der Waals surface area contributed by atoms with E-state index in [1.807, 2.05) is 36.4 Å². The minimum Gasteiger partial charge on any atom is -0.459 e. The Kier molecular flexibility index (Phi) is 5.36. The van der Waals surface area contributed by atoms with Gasteiger partial charge in [-0.05, 0) is 62.3 Å². The van der Waals surface area contributed by atoms with Crippen molar-refractivity contribution in [3.63, 3.8) is 0 Å². The van der Waals surface area contributed by atoms with Crippen molar-refractivity contribution in [2.75, 3.05) is 19.6 Å². The van der Waals surface area contributed by atoms with Crippen molar-refractivity contribution in [1.82, 2.24) is 10.2 Å². The van der Waals surface area contributed by atoms with Gasteiger partial charge in [-0.25, -0.2) is 0 Å². The number of nitrogens with one attached hydrogen (secondary N) is 1. The normalized spacial score (nSPS) is 15.5. The molecule has 23 heavy (non-hydrogen) atoms. The van der Waals surface area contributed by atoms with E-state index in [9.17, 15) is 4.79 Å². The summed E-state index contributed by atoms with van der Waals surface area (Å²) in [6, 6.07) is 11.3. The van der Waals surface area contributed by atoms with Crippen molar-refractivity contribution < 1.29 is 9.21 Å². The van der Waals surface area contributed by atoms with Gasteiger partial charge in [0.2, 0.25) is 5.91 Å². The zero-order valence-corrected chi connectivity index (χ0v) is 13.8.